The fraction of sp³-hybridized carbons (Fsp3) is 0.250. The molecule has 3 aromatic rings. The van der Waals surface area contributed by atoms with E-state index in [1.54, 1.807) is 24.3 Å². The van der Waals surface area contributed by atoms with Gasteiger partial charge in [0.2, 0.25) is 0 Å². The summed E-state index contributed by atoms with van der Waals surface area (Å²) in [6.07, 6.45) is 0.413. The standard InChI is InChI=1S/C28H29ClN2O2/c1-18-5-6-19(2)26(17-18)25-15-16-31(28(32)33-24-13-9-22(29)10-14-24)27(20(25)3)21-7-11-23(30-4)12-8-21/h5-14,17,27,30H,15-16H2,1-4H3. The molecule has 3 aromatic carbocycles. The number of nitrogens with zero attached hydrogens (tertiary/aromatic N) is 1. The first-order valence-electron chi connectivity index (χ1n) is 11.2. The van der Waals surface area contributed by atoms with Crippen molar-refractivity contribution in [1.82, 2.24) is 4.90 Å². The number of anilines is 1. The quantitative estimate of drug-likeness (QED) is 0.440. The third kappa shape index (κ3) is 4.91. The van der Waals surface area contributed by atoms with Crippen molar-refractivity contribution in [2.24, 2.45) is 0 Å². The number of carbonyl (C=O) groups excluding carboxylic acids is 1. The Bertz CT molecular complexity index is 1180. The van der Waals surface area contributed by atoms with Gasteiger partial charge in [0.25, 0.3) is 0 Å². The first kappa shape index (κ1) is 22.9. The molecule has 5 heteroatoms. The zero-order chi connectivity index (χ0) is 23.5. The number of aryl methyl sites for hydroxylation is 2. The normalized spacial score (nSPS) is 16.0. The van der Waals surface area contributed by atoms with Crippen molar-refractivity contribution in [3.05, 3.63) is 99.6 Å². The van der Waals surface area contributed by atoms with Gasteiger partial charge in [0, 0.05) is 24.3 Å². The molecule has 0 spiro atoms. The van der Waals surface area contributed by atoms with Crippen molar-refractivity contribution in [3.63, 3.8) is 0 Å². The SMILES string of the molecule is CNc1ccc(C2C(C)=C(c3cc(C)ccc3C)CCN2C(=O)Oc2ccc(Cl)cc2)cc1. The molecule has 1 aliphatic heterocycles. The van der Waals surface area contributed by atoms with Gasteiger partial charge in [-0.2, -0.15) is 0 Å². The fourth-order valence-corrected chi connectivity index (χ4v) is 4.61. The van der Waals surface area contributed by atoms with Gasteiger partial charge in [0.1, 0.15) is 5.75 Å². The van der Waals surface area contributed by atoms with Crippen LogP contribution in [0.25, 0.3) is 5.57 Å². The molecule has 0 saturated heterocycles. The average Bonchev–Trinajstić information content (AvgIpc) is 2.82. The third-order valence-electron chi connectivity index (χ3n) is 6.29. The number of ether oxygens (including phenoxy) is 1. The zero-order valence-electron chi connectivity index (χ0n) is 19.5. The molecule has 0 fully saturated rings. The minimum atomic E-state index is -0.362. The summed E-state index contributed by atoms with van der Waals surface area (Å²) in [6.45, 7) is 6.97. The van der Waals surface area contributed by atoms with E-state index < -0.39 is 0 Å². The van der Waals surface area contributed by atoms with Gasteiger partial charge in [0.05, 0.1) is 6.04 Å². The molecular weight excluding hydrogens is 432 g/mol. The van der Waals surface area contributed by atoms with Crippen LogP contribution in [0.1, 0.15) is 41.6 Å². The molecule has 4 nitrogen and oxygen atoms in total. The second kappa shape index (κ2) is 9.72. The highest BCUT2D eigenvalue weighted by Gasteiger charge is 2.34. The largest absolute Gasteiger partial charge is 0.416 e. The molecule has 0 saturated carbocycles. The van der Waals surface area contributed by atoms with Crippen LogP contribution in [0.5, 0.6) is 5.75 Å². The Balaban J connectivity index is 1.75. The Morgan fingerprint density at radius 3 is 2.36 bits per heavy atom. The van der Waals surface area contributed by atoms with E-state index in [2.05, 4.69) is 56.4 Å². The highest BCUT2D eigenvalue weighted by molar-refractivity contribution is 6.30. The predicted octanol–water partition coefficient (Wildman–Crippen LogP) is 7.42. The molecule has 1 atom stereocenters. The molecule has 0 aliphatic carbocycles. The Morgan fingerprint density at radius 2 is 1.70 bits per heavy atom. The molecule has 1 N–H and O–H groups in total. The van der Waals surface area contributed by atoms with Crippen molar-refractivity contribution in [3.8, 4) is 5.75 Å². The van der Waals surface area contributed by atoms with Crippen LogP contribution in [-0.2, 0) is 0 Å². The van der Waals surface area contributed by atoms with E-state index in [-0.39, 0.29) is 12.1 Å². The highest BCUT2D eigenvalue weighted by Crippen LogP contribution is 2.41. The van der Waals surface area contributed by atoms with Gasteiger partial charge in [-0.15, -0.1) is 0 Å². The van der Waals surface area contributed by atoms with Crippen molar-refractivity contribution in [2.45, 2.75) is 33.2 Å². The van der Waals surface area contributed by atoms with Crippen molar-refractivity contribution >= 4 is 29.0 Å². The lowest BCUT2D eigenvalue weighted by atomic mass is 9.84. The topological polar surface area (TPSA) is 41.6 Å². The molecule has 1 heterocycles. The van der Waals surface area contributed by atoms with Gasteiger partial charge >= 0.3 is 6.09 Å². The lowest BCUT2D eigenvalue weighted by Crippen LogP contribution is -2.41. The van der Waals surface area contributed by atoms with Gasteiger partial charge < -0.3 is 10.1 Å². The van der Waals surface area contributed by atoms with E-state index in [0.29, 0.717) is 17.3 Å². The van der Waals surface area contributed by atoms with Gasteiger partial charge in [-0.1, -0.05) is 47.5 Å². The summed E-state index contributed by atoms with van der Waals surface area (Å²) in [7, 11) is 1.90. The molecule has 0 aromatic heterocycles. The highest BCUT2D eigenvalue weighted by atomic mass is 35.5. The minimum Gasteiger partial charge on any atom is -0.410 e. The maximum Gasteiger partial charge on any atom is 0.416 e. The van der Waals surface area contributed by atoms with Crippen LogP contribution < -0.4 is 10.1 Å². The van der Waals surface area contributed by atoms with E-state index in [4.69, 9.17) is 16.3 Å². The summed E-state index contributed by atoms with van der Waals surface area (Å²) in [6, 6.07) is 21.4. The summed E-state index contributed by atoms with van der Waals surface area (Å²) in [4.78, 5) is 15.1. The van der Waals surface area contributed by atoms with Crippen LogP contribution in [0.15, 0.2) is 72.3 Å². The van der Waals surface area contributed by atoms with Crippen LogP contribution in [0.2, 0.25) is 5.02 Å². The number of hydrogen-bond donors (Lipinski definition) is 1. The lowest BCUT2D eigenvalue weighted by molar-refractivity contribution is 0.137. The molecule has 1 amide bonds. The summed E-state index contributed by atoms with van der Waals surface area (Å²) >= 11 is 5.98. The van der Waals surface area contributed by atoms with Crippen LogP contribution in [0, 0.1) is 13.8 Å². The van der Waals surface area contributed by atoms with Gasteiger partial charge in [-0.3, -0.25) is 4.90 Å². The van der Waals surface area contributed by atoms with Crippen LogP contribution in [0.3, 0.4) is 0 Å². The Kier molecular flexibility index (Phi) is 6.75. The number of nitrogens with one attached hydrogen (secondary N) is 1. The number of carbonyl (C=O) groups is 1. The van der Waals surface area contributed by atoms with Gasteiger partial charge in [-0.05, 0) is 91.4 Å². The molecule has 170 valence electrons. The molecule has 0 bridgehead atoms. The molecule has 1 aliphatic rings. The summed E-state index contributed by atoms with van der Waals surface area (Å²) in [5, 5.41) is 3.76. The van der Waals surface area contributed by atoms with Crippen molar-refractivity contribution < 1.29 is 9.53 Å². The van der Waals surface area contributed by atoms with E-state index in [0.717, 1.165) is 17.7 Å². The Hall–Kier alpha value is -3.24. The van der Waals surface area contributed by atoms with Crippen LogP contribution in [0.4, 0.5) is 10.5 Å². The molecular formula is C28H29ClN2O2. The fourth-order valence-electron chi connectivity index (χ4n) is 4.49. The van der Waals surface area contributed by atoms with Crippen LogP contribution >= 0.6 is 11.6 Å². The van der Waals surface area contributed by atoms with Gasteiger partial charge in [0.15, 0.2) is 0 Å². The van der Waals surface area contributed by atoms with Crippen molar-refractivity contribution in [2.75, 3.05) is 18.9 Å². The lowest BCUT2D eigenvalue weighted by Gasteiger charge is -2.38. The second-order valence-corrected chi connectivity index (χ2v) is 8.96. The second-order valence-electron chi connectivity index (χ2n) is 8.52. The van der Waals surface area contributed by atoms with Crippen LogP contribution in [-0.4, -0.2) is 24.6 Å². The number of amides is 1. The smallest absolute Gasteiger partial charge is 0.410 e. The number of rotatable bonds is 4. The number of halogens is 1. The summed E-state index contributed by atoms with van der Waals surface area (Å²) < 4.78 is 5.73. The van der Waals surface area contributed by atoms with Gasteiger partial charge in [-0.25, -0.2) is 4.79 Å². The number of hydrogen-bond acceptors (Lipinski definition) is 3. The van der Waals surface area contributed by atoms with E-state index >= 15 is 0 Å². The first-order chi connectivity index (χ1) is 15.9. The van der Waals surface area contributed by atoms with E-state index in [1.165, 1.54) is 27.8 Å². The third-order valence-corrected chi connectivity index (χ3v) is 6.54. The zero-order valence-corrected chi connectivity index (χ0v) is 20.2. The van der Waals surface area contributed by atoms with E-state index in [9.17, 15) is 4.79 Å². The monoisotopic (exact) mass is 460 g/mol. The van der Waals surface area contributed by atoms with Crippen molar-refractivity contribution in [1.29, 1.82) is 0 Å². The Labute approximate surface area is 200 Å². The maximum atomic E-state index is 13.3. The minimum absolute atomic E-state index is 0.209. The first-order valence-corrected chi connectivity index (χ1v) is 11.5. The Morgan fingerprint density at radius 1 is 1.00 bits per heavy atom. The average molecular weight is 461 g/mol. The maximum absolute atomic E-state index is 13.3. The summed E-state index contributed by atoms with van der Waals surface area (Å²) in [5.41, 5.74) is 8.29. The summed E-state index contributed by atoms with van der Waals surface area (Å²) in [5.74, 6) is 0.482. The molecule has 1 unspecified atom stereocenters. The molecule has 0 radical (unpaired) electrons. The molecule has 33 heavy (non-hydrogen) atoms. The number of benzene rings is 3. The molecule has 4 rings (SSSR count). The predicted molar refractivity (Wildman–Crippen MR) is 136 cm³/mol. The van der Waals surface area contributed by atoms with E-state index in [1.807, 2.05) is 24.1 Å².